The molecule has 2 aliphatic rings. The lowest BCUT2D eigenvalue weighted by atomic mass is 10.1. The van der Waals surface area contributed by atoms with E-state index in [9.17, 15) is 18.0 Å². The van der Waals surface area contributed by atoms with E-state index in [1.54, 1.807) is 48.1 Å². The van der Waals surface area contributed by atoms with Crippen molar-refractivity contribution < 1.29 is 27.4 Å². The van der Waals surface area contributed by atoms with E-state index in [-0.39, 0.29) is 25.8 Å². The van der Waals surface area contributed by atoms with Crippen molar-refractivity contribution in [3.63, 3.8) is 0 Å². The lowest BCUT2D eigenvalue weighted by Gasteiger charge is -2.24. The first-order valence-electron chi connectivity index (χ1n) is 13.5. The Bertz CT molecular complexity index is 1340. The summed E-state index contributed by atoms with van der Waals surface area (Å²) >= 11 is 5.93. The Labute approximate surface area is 245 Å². The third-order valence-electron chi connectivity index (χ3n) is 7.23. The van der Waals surface area contributed by atoms with Gasteiger partial charge in [0.25, 0.3) is 5.91 Å². The van der Waals surface area contributed by atoms with Crippen LogP contribution in [0.3, 0.4) is 0 Å². The van der Waals surface area contributed by atoms with Gasteiger partial charge >= 0.3 is 6.18 Å². The second-order valence-electron chi connectivity index (χ2n) is 10.4. The van der Waals surface area contributed by atoms with E-state index in [1.165, 1.54) is 7.11 Å². The average Bonchev–Trinajstić information content (AvgIpc) is 3.69. The minimum atomic E-state index is -4.73. The maximum atomic E-state index is 13.9. The molecule has 1 amide bonds. The molecule has 0 aliphatic carbocycles. The summed E-state index contributed by atoms with van der Waals surface area (Å²) in [6.07, 6.45) is -1.76. The van der Waals surface area contributed by atoms with Gasteiger partial charge in [-0.3, -0.25) is 15.1 Å². The molecule has 4 atom stereocenters. The molecule has 11 nitrogen and oxygen atoms in total. The number of hydrogen-bond donors (Lipinski definition) is 2. The van der Waals surface area contributed by atoms with Gasteiger partial charge in [0.05, 0.1) is 50.3 Å². The van der Waals surface area contributed by atoms with Gasteiger partial charge in [-0.15, -0.1) is 5.10 Å². The molecule has 2 fully saturated rings. The monoisotopic (exact) mass is 608 g/mol. The first kappa shape index (κ1) is 30.0. The zero-order valence-corrected chi connectivity index (χ0v) is 23.8. The van der Waals surface area contributed by atoms with Crippen LogP contribution in [0.5, 0.6) is 5.75 Å². The highest BCUT2D eigenvalue weighted by molar-refractivity contribution is 6.30. The maximum Gasteiger partial charge on any atom is 0.403 e. The molecule has 5 rings (SSSR count). The predicted molar refractivity (Wildman–Crippen MR) is 147 cm³/mol. The van der Waals surface area contributed by atoms with Crippen molar-refractivity contribution in [1.29, 1.82) is 0 Å². The molecule has 2 aliphatic heterocycles. The normalized spacial score (nSPS) is 21.8. The molecule has 2 aromatic heterocycles. The number of nitrogens with one attached hydrogen (secondary N) is 2. The van der Waals surface area contributed by atoms with Crippen molar-refractivity contribution in [2.24, 2.45) is 5.92 Å². The number of ether oxygens (including phenoxy) is 2. The van der Waals surface area contributed by atoms with Crippen molar-refractivity contribution in [1.82, 2.24) is 35.7 Å². The number of pyridine rings is 1. The van der Waals surface area contributed by atoms with Crippen LogP contribution in [0.15, 0.2) is 48.8 Å². The van der Waals surface area contributed by atoms with Crippen molar-refractivity contribution in [2.45, 2.75) is 50.9 Å². The van der Waals surface area contributed by atoms with Gasteiger partial charge in [-0.05, 0) is 43.2 Å². The smallest absolute Gasteiger partial charge is 0.403 e. The van der Waals surface area contributed by atoms with Gasteiger partial charge < -0.3 is 14.4 Å². The number of hydrazine groups is 1. The van der Waals surface area contributed by atoms with Gasteiger partial charge in [0, 0.05) is 25.3 Å². The van der Waals surface area contributed by atoms with Gasteiger partial charge in [0.2, 0.25) is 0 Å². The first-order chi connectivity index (χ1) is 20.1. The molecular weight excluding hydrogens is 577 g/mol. The molecule has 0 spiro atoms. The lowest BCUT2D eigenvalue weighted by molar-refractivity contribution is -0.185. The van der Waals surface area contributed by atoms with E-state index in [4.69, 9.17) is 21.1 Å². The highest BCUT2D eigenvalue weighted by atomic mass is 35.5. The van der Waals surface area contributed by atoms with E-state index in [1.807, 2.05) is 12.3 Å². The number of aromatic nitrogens is 4. The summed E-state index contributed by atoms with van der Waals surface area (Å²) in [6.45, 7) is 3.46. The van der Waals surface area contributed by atoms with Crippen LogP contribution in [0.2, 0.25) is 5.02 Å². The fourth-order valence-corrected chi connectivity index (χ4v) is 5.20. The zero-order chi connectivity index (χ0) is 29.9. The highest BCUT2D eigenvalue weighted by Gasteiger charge is 2.56. The zero-order valence-electron chi connectivity index (χ0n) is 23.1. The number of carbonyl (C=O) groups excluding carboxylic acids is 1. The number of halogens is 4. The maximum absolute atomic E-state index is 13.9. The minimum absolute atomic E-state index is 0.0247. The van der Waals surface area contributed by atoms with Gasteiger partial charge in [0.15, 0.2) is 5.92 Å². The lowest BCUT2D eigenvalue weighted by Crippen LogP contribution is -2.52. The van der Waals surface area contributed by atoms with Gasteiger partial charge in [-0.1, -0.05) is 28.9 Å². The number of nitrogens with zero attached hydrogens (tertiary/aromatic N) is 6. The van der Waals surface area contributed by atoms with Crippen molar-refractivity contribution in [3.05, 3.63) is 65.1 Å². The molecule has 42 heavy (non-hydrogen) atoms. The van der Waals surface area contributed by atoms with Crippen molar-refractivity contribution >= 4 is 23.3 Å². The number of benzene rings is 1. The average molecular weight is 609 g/mol. The Morgan fingerprint density at radius 2 is 2.00 bits per heavy atom. The number of carbonyl (C=O) groups is 1. The van der Waals surface area contributed by atoms with Crippen molar-refractivity contribution in [2.75, 3.05) is 31.7 Å². The fraction of sp³-hybridized carbons (Fsp3) is 0.481. The van der Waals surface area contributed by atoms with Crippen LogP contribution < -0.4 is 20.4 Å². The number of hydrogen-bond acceptors (Lipinski definition) is 9. The predicted octanol–water partition coefficient (Wildman–Crippen LogP) is 3.33. The molecule has 1 aromatic carbocycles. The SMILES string of the molecule is COc1ccc(CN2NC(NC(C)COCc3cn(C4CCN(c5ccc(Cl)cn5)C4)nn3)C(C(F)(F)F)C2=O)cc1. The van der Waals surface area contributed by atoms with E-state index >= 15 is 0 Å². The summed E-state index contributed by atoms with van der Waals surface area (Å²) in [4.78, 5) is 19.2. The molecule has 0 saturated carbocycles. The summed E-state index contributed by atoms with van der Waals surface area (Å²) in [7, 11) is 1.52. The van der Waals surface area contributed by atoms with E-state index in [0.717, 1.165) is 30.3 Å². The largest absolute Gasteiger partial charge is 0.497 e. The third kappa shape index (κ3) is 7.12. The van der Waals surface area contributed by atoms with Crippen LogP contribution in [-0.2, 0) is 22.7 Å². The second-order valence-corrected chi connectivity index (χ2v) is 10.8. The van der Waals surface area contributed by atoms with Crippen LogP contribution in [0.4, 0.5) is 19.0 Å². The first-order valence-corrected chi connectivity index (χ1v) is 13.9. The summed E-state index contributed by atoms with van der Waals surface area (Å²) in [6, 6.07) is 10.1. The summed E-state index contributed by atoms with van der Waals surface area (Å²) in [5, 5.41) is 12.9. The number of anilines is 1. The molecule has 0 bridgehead atoms. The Kier molecular flexibility index (Phi) is 9.16. The standard InChI is InChI=1S/C27H32ClF3N8O3/c1-17(33-25-24(27(29,30)31)26(40)39(35-25)12-18-3-6-22(41-2)7-4-18)15-42-16-20-13-38(36-34-20)21-9-10-37(14-21)23-8-5-19(28)11-32-23/h3-8,11,13,17,21,24-25,33,35H,9-10,12,14-16H2,1-2H3. The third-order valence-corrected chi connectivity index (χ3v) is 7.45. The summed E-state index contributed by atoms with van der Waals surface area (Å²) < 4.78 is 54.2. The van der Waals surface area contributed by atoms with Crippen LogP contribution >= 0.6 is 11.6 Å². The second kappa shape index (κ2) is 12.8. The molecule has 226 valence electrons. The molecule has 2 saturated heterocycles. The summed E-state index contributed by atoms with van der Waals surface area (Å²) in [5.74, 6) is -1.81. The molecule has 2 N–H and O–H groups in total. The Hall–Kier alpha value is -3.46. The van der Waals surface area contributed by atoms with E-state index in [2.05, 4.69) is 30.9 Å². The molecule has 3 aromatic rings. The topological polar surface area (TPSA) is 110 Å². The number of methoxy groups -OCH3 is 1. The number of alkyl halides is 3. The highest BCUT2D eigenvalue weighted by Crippen LogP contribution is 2.34. The Morgan fingerprint density at radius 3 is 2.69 bits per heavy atom. The molecular formula is C27H32ClF3N8O3. The molecule has 4 heterocycles. The number of rotatable bonds is 11. The van der Waals surface area contributed by atoms with E-state index < -0.39 is 30.2 Å². The molecule has 0 radical (unpaired) electrons. The molecule has 15 heteroatoms. The van der Waals surface area contributed by atoms with Gasteiger partial charge in [-0.2, -0.15) is 13.2 Å². The molecule has 4 unspecified atom stereocenters. The minimum Gasteiger partial charge on any atom is -0.497 e. The van der Waals surface area contributed by atoms with E-state index in [0.29, 0.717) is 22.0 Å². The van der Waals surface area contributed by atoms with Crippen molar-refractivity contribution in [3.8, 4) is 5.75 Å². The van der Waals surface area contributed by atoms with Gasteiger partial charge in [0.1, 0.15) is 17.3 Å². The van der Waals surface area contributed by atoms with Crippen LogP contribution in [-0.4, -0.2) is 76.1 Å². The quantitative estimate of drug-likeness (QED) is 0.339. The van der Waals surface area contributed by atoms with Crippen LogP contribution in [0.1, 0.15) is 30.6 Å². The number of amides is 1. The summed E-state index contributed by atoms with van der Waals surface area (Å²) in [5.41, 5.74) is 3.96. The van der Waals surface area contributed by atoms with Crippen LogP contribution in [0.25, 0.3) is 0 Å². The fourth-order valence-electron chi connectivity index (χ4n) is 5.09. The van der Waals surface area contributed by atoms with Crippen LogP contribution in [0, 0.1) is 5.92 Å². The van der Waals surface area contributed by atoms with Gasteiger partial charge in [-0.25, -0.2) is 15.1 Å². The Morgan fingerprint density at radius 1 is 1.21 bits per heavy atom. The Balaban J connectivity index is 1.11.